The van der Waals surface area contributed by atoms with Gasteiger partial charge in [-0.2, -0.15) is 5.10 Å². The Morgan fingerprint density at radius 2 is 1.61 bits per heavy atom. The van der Waals surface area contributed by atoms with Crippen LogP contribution in [-0.2, 0) is 16.6 Å². The molecule has 3 aromatic rings. The number of anilines is 2. The molecule has 4 N–H and O–H groups in total. The van der Waals surface area contributed by atoms with Crippen molar-refractivity contribution in [2.75, 3.05) is 43.9 Å². The van der Waals surface area contributed by atoms with Gasteiger partial charge in [0.25, 0.3) is 23.3 Å². The highest BCUT2D eigenvalue weighted by Crippen LogP contribution is 2.33. The Morgan fingerprint density at radius 3 is 2.35 bits per heavy atom. The molecule has 3 aliphatic rings. The second kappa shape index (κ2) is 17.5. The number of likely N-dealkylation sites (tertiary alicyclic amines) is 1. The monoisotopic (exact) mass is 802 g/mol. The summed E-state index contributed by atoms with van der Waals surface area (Å²) in [5.74, 6) is -1.86. The van der Waals surface area contributed by atoms with Crippen molar-refractivity contribution in [1.29, 1.82) is 0 Å². The van der Waals surface area contributed by atoms with Gasteiger partial charge >= 0.3 is 0 Å². The molecule has 2 saturated heterocycles. The molecular formula is C39H47BrN8O6. The third-order valence-electron chi connectivity index (χ3n) is 10.4. The van der Waals surface area contributed by atoms with E-state index in [0.717, 1.165) is 62.9 Å². The van der Waals surface area contributed by atoms with Crippen LogP contribution in [0.15, 0.2) is 57.9 Å². The summed E-state index contributed by atoms with van der Waals surface area (Å²) in [6, 6.07) is 12.1. The zero-order valence-electron chi connectivity index (χ0n) is 30.7. The lowest BCUT2D eigenvalue weighted by Gasteiger charge is -2.37. The van der Waals surface area contributed by atoms with E-state index in [2.05, 4.69) is 54.2 Å². The van der Waals surface area contributed by atoms with Crippen molar-refractivity contribution in [3.8, 4) is 0 Å². The predicted molar refractivity (Wildman–Crippen MR) is 208 cm³/mol. The number of nitrogens with zero attached hydrogens (tertiary/aromatic N) is 4. The van der Waals surface area contributed by atoms with Gasteiger partial charge in [-0.3, -0.25) is 39.0 Å². The summed E-state index contributed by atoms with van der Waals surface area (Å²) in [6.45, 7) is 2.99. The topological polar surface area (TPSA) is 175 Å². The van der Waals surface area contributed by atoms with Crippen molar-refractivity contribution < 1.29 is 24.0 Å². The van der Waals surface area contributed by atoms with Crippen LogP contribution in [0.4, 0.5) is 11.4 Å². The van der Waals surface area contributed by atoms with Crippen molar-refractivity contribution in [1.82, 2.24) is 30.2 Å². The first-order chi connectivity index (χ1) is 26.0. The van der Waals surface area contributed by atoms with Gasteiger partial charge in [0, 0.05) is 56.9 Å². The van der Waals surface area contributed by atoms with Gasteiger partial charge in [-0.1, -0.05) is 43.9 Å². The van der Waals surface area contributed by atoms with Gasteiger partial charge in [-0.25, -0.2) is 4.68 Å². The Morgan fingerprint density at radius 1 is 0.889 bits per heavy atom. The van der Waals surface area contributed by atoms with Crippen molar-refractivity contribution in [3.05, 3.63) is 85.7 Å². The van der Waals surface area contributed by atoms with E-state index in [1.807, 2.05) is 24.3 Å². The number of amides is 5. The molecule has 3 atom stereocenters. The quantitative estimate of drug-likeness (QED) is 0.130. The van der Waals surface area contributed by atoms with Gasteiger partial charge in [0.05, 0.1) is 23.0 Å². The van der Waals surface area contributed by atoms with Crippen LogP contribution in [0, 0.1) is 0 Å². The van der Waals surface area contributed by atoms with E-state index in [1.54, 1.807) is 31.4 Å². The Bertz CT molecular complexity index is 1970. The van der Waals surface area contributed by atoms with Crippen LogP contribution in [0.1, 0.15) is 100 Å². The van der Waals surface area contributed by atoms with Crippen LogP contribution in [0.5, 0.6) is 0 Å². The number of halogens is 1. The number of piperidine rings is 2. The normalized spacial score (nSPS) is 20.1. The van der Waals surface area contributed by atoms with Gasteiger partial charge in [0.2, 0.25) is 11.8 Å². The minimum atomic E-state index is -0.988. The highest BCUT2D eigenvalue weighted by atomic mass is 79.9. The smallest absolute Gasteiger partial charge is 0.282 e. The van der Waals surface area contributed by atoms with Crippen molar-refractivity contribution in [2.24, 2.45) is 7.05 Å². The number of imide groups is 2. The van der Waals surface area contributed by atoms with Crippen molar-refractivity contribution in [3.63, 3.8) is 0 Å². The minimum absolute atomic E-state index is 0.0799. The molecule has 4 heterocycles. The number of hydrogen-bond acceptors (Lipinski definition) is 10. The van der Waals surface area contributed by atoms with Crippen LogP contribution >= 0.6 is 15.9 Å². The molecule has 0 bridgehead atoms. The predicted octanol–water partition coefficient (Wildman–Crippen LogP) is 4.03. The van der Waals surface area contributed by atoms with Gasteiger partial charge in [0.15, 0.2) is 0 Å². The van der Waals surface area contributed by atoms with Crippen LogP contribution in [0.3, 0.4) is 0 Å². The maximum absolute atomic E-state index is 13.3. The molecule has 0 radical (unpaired) electrons. The number of aromatic nitrogens is 2. The molecule has 5 amide bonds. The average molecular weight is 804 g/mol. The van der Waals surface area contributed by atoms with E-state index in [4.69, 9.17) is 0 Å². The van der Waals surface area contributed by atoms with E-state index in [-0.39, 0.29) is 47.4 Å². The Labute approximate surface area is 322 Å². The number of likely N-dealkylation sites (N-methyl/N-ethyl adjacent to an activating group) is 1. The van der Waals surface area contributed by atoms with E-state index in [9.17, 15) is 28.8 Å². The maximum Gasteiger partial charge on any atom is 0.282 e. The highest BCUT2D eigenvalue weighted by Gasteiger charge is 2.45. The molecule has 286 valence electrons. The fourth-order valence-electron chi connectivity index (χ4n) is 7.55. The maximum atomic E-state index is 13.3. The van der Waals surface area contributed by atoms with E-state index >= 15 is 0 Å². The number of carbonyl (C=O) groups excluding carboxylic acids is 5. The van der Waals surface area contributed by atoms with E-state index < -0.39 is 29.7 Å². The standard InChI is InChI=1S/C39H47BrN8O6/c1-46-22-26(20-27(23-46)44-30-21-43-47(2)39(54)34(30)40)24-12-14-25(15-13-24)35(50)42-19-8-6-4-3-5-7-18-41-29-11-9-10-28-33(29)38(53)48(37(28)52)31-16-17-32(49)45-36(31)51/h9-15,21,26-27,31,41,44H,3-8,16-20,22-23H2,1-2H3,(H,42,50)(H,45,49,51)/t26-,27+,31?/m0/s1. The van der Waals surface area contributed by atoms with Crippen molar-refractivity contribution >= 4 is 56.8 Å². The summed E-state index contributed by atoms with van der Waals surface area (Å²) in [7, 11) is 3.71. The molecule has 0 saturated carbocycles. The number of carbonyl (C=O) groups is 5. The van der Waals surface area contributed by atoms with Crippen LogP contribution in [-0.4, -0.2) is 94.4 Å². The number of rotatable bonds is 15. The summed E-state index contributed by atoms with van der Waals surface area (Å²) in [5.41, 5.74) is 3.42. The van der Waals surface area contributed by atoms with Crippen molar-refractivity contribution in [2.45, 2.75) is 75.8 Å². The largest absolute Gasteiger partial charge is 0.384 e. The molecule has 6 rings (SSSR count). The third kappa shape index (κ3) is 8.90. The number of hydrogen-bond donors (Lipinski definition) is 4. The molecule has 2 aromatic carbocycles. The SMILES string of the molecule is CN1C[C@H](Nc2cnn(C)c(=O)c2Br)C[C@H](c2ccc(C(=O)NCCCCCCCCNc3cccc4c3C(=O)N(C3CCC(=O)NC3=O)C4=O)cc2)C1. The lowest BCUT2D eigenvalue weighted by atomic mass is 9.87. The molecule has 1 unspecified atom stereocenters. The zero-order valence-corrected chi connectivity index (χ0v) is 32.2. The zero-order chi connectivity index (χ0) is 38.4. The summed E-state index contributed by atoms with van der Waals surface area (Å²) < 4.78 is 1.77. The van der Waals surface area contributed by atoms with Crippen LogP contribution in [0.25, 0.3) is 0 Å². The second-order valence-corrected chi connectivity index (χ2v) is 15.2. The minimum Gasteiger partial charge on any atom is -0.384 e. The summed E-state index contributed by atoms with van der Waals surface area (Å²) in [5, 5.41) is 16.2. The van der Waals surface area contributed by atoms with E-state index in [0.29, 0.717) is 34.5 Å². The van der Waals surface area contributed by atoms with Gasteiger partial charge < -0.3 is 20.9 Å². The summed E-state index contributed by atoms with van der Waals surface area (Å²) in [4.78, 5) is 78.6. The molecule has 0 aliphatic carbocycles. The van der Waals surface area contributed by atoms with Crippen LogP contribution < -0.4 is 26.8 Å². The van der Waals surface area contributed by atoms with Gasteiger partial charge in [-0.05, 0) is 84.4 Å². The van der Waals surface area contributed by atoms with E-state index in [1.165, 1.54) is 10.2 Å². The number of fused-ring (bicyclic) bond motifs is 1. The molecule has 54 heavy (non-hydrogen) atoms. The Kier molecular flexibility index (Phi) is 12.6. The number of benzene rings is 2. The van der Waals surface area contributed by atoms with Crippen LogP contribution in [0.2, 0.25) is 0 Å². The second-order valence-electron chi connectivity index (χ2n) is 14.4. The fourth-order valence-corrected chi connectivity index (χ4v) is 8.02. The molecule has 2 fully saturated rings. The molecular weight excluding hydrogens is 756 g/mol. The van der Waals surface area contributed by atoms with Gasteiger partial charge in [-0.15, -0.1) is 0 Å². The lowest BCUT2D eigenvalue weighted by molar-refractivity contribution is -0.136. The number of aryl methyl sites for hydroxylation is 1. The first-order valence-corrected chi connectivity index (χ1v) is 19.4. The number of unbranched alkanes of at least 4 members (excludes halogenated alkanes) is 5. The molecule has 15 heteroatoms. The Balaban J connectivity index is 0.865. The Hall–Kier alpha value is -4.89. The molecule has 3 aliphatic heterocycles. The summed E-state index contributed by atoms with van der Waals surface area (Å²) in [6.07, 6.45) is 8.60. The first-order valence-electron chi connectivity index (χ1n) is 18.6. The average Bonchev–Trinajstić information content (AvgIpc) is 3.41. The molecule has 1 aromatic heterocycles. The highest BCUT2D eigenvalue weighted by molar-refractivity contribution is 9.10. The summed E-state index contributed by atoms with van der Waals surface area (Å²) >= 11 is 3.41. The number of nitrogens with one attached hydrogen (secondary N) is 4. The van der Waals surface area contributed by atoms with Gasteiger partial charge in [0.1, 0.15) is 10.5 Å². The lowest BCUT2D eigenvalue weighted by Crippen LogP contribution is -2.54. The molecule has 14 nitrogen and oxygen atoms in total. The first kappa shape index (κ1) is 38.8. The molecule has 0 spiro atoms. The third-order valence-corrected chi connectivity index (χ3v) is 11.2. The fraction of sp³-hybridized carbons (Fsp3) is 0.462.